The minimum Gasteiger partial charge on any atom is -0.456 e. The van der Waals surface area contributed by atoms with Gasteiger partial charge in [0.15, 0.2) is 0 Å². The third-order valence-electron chi connectivity index (χ3n) is 7.03. The Labute approximate surface area is 251 Å². The van der Waals surface area contributed by atoms with Crippen LogP contribution in [-0.2, 0) is 19.7 Å². The van der Waals surface area contributed by atoms with E-state index in [2.05, 4.69) is 0 Å². The van der Waals surface area contributed by atoms with Gasteiger partial charge in [0.2, 0.25) is 19.7 Å². The molecule has 0 radical (unpaired) electrons. The van der Waals surface area contributed by atoms with E-state index in [0.717, 1.165) is 0 Å². The topological polar surface area (TPSA) is 77.5 Å². The third-order valence-corrected chi connectivity index (χ3v) is 10.7. The molecule has 0 saturated heterocycles. The molecule has 0 saturated carbocycles. The maximum absolute atomic E-state index is 13.7. The van der Waals surface area contributed by atoms with Crippen LogP contribution in [0.1, 0.15) is 0 Å². The summed E-state index contributed by atoms with van der Waals surface area (Å²) < 4.78 is 61.3. The molecule has 0 fully saturated rings. The molecule has 6 aromatic rings. The Hall–Kier alpha value is -4.98. The molecule has 0 aromatic heterocycles. The maximum Gasteiger partial charge on any atom is 0.207 e. The van der Waals surface area contributed by atoms with Crippen molar-refractivity contribution in [2.45, 2.75) is 19.6 Å². The van der Waals surface area contributed by atoms with Crippen molar-refractivity contribution < 1.29 is 21.6 Å². The summed E-state index contributed by atoms with van der Waals surface area (Å²) in [5, 5.41) is 0. The summed E-state index contributed by atoms with van der Waals surface area (Å²) in [5.74, 6) is 0.850. The smallest absolute Gasteiger partial charge is 0.207 e. The Morgan fingerprint density at radius 1 is 0.326 bits per heavy atom. The van der Waals surface area contributed by atoms with Crippen LogP contribution in [-0.4, -0.2) is 16.8 Å². The molecule has 0 aliphatic heterocycles. The lowest BCUT2D eigenvalue weighted by Crippen LogP contribution is -2.05. The lowest BCUT2D eigenvalue weighted by Gasteiger charge is -2.18. The van der Waals surface area contributed by atoms with Gasteiger partial charge in [0, 0.05) is 22.3 Å². The minimum atomic E-state index is -3.83. The van der Waals surface area contributed by atoms with Gasteiger partial charge in [0.05, 0.1) is 19.6 Å². The van der Waals surface area contributed by atoms with Gasteiger partial charge >= 0.3 is 0 Å². The summed E-state index contributed by atoms with van der Waals surface area (Å²) in [4.78, 5) is 0.708. The second kappa shape index (κ2) is 11.7. The van der Waals surface area contributed by atoms with Crippen LogP contribution in [0.4, 0.5) is 0 Å². The van der Waals surface area contributed by atoms with E-state index in [1.807, 2.05) is 36.4 Å². The number of hydrogen-bond acceptors (Lipinski definition) is 5. The quantitative estimate of drug-likeness (QED) is 0.175. The van der Waals surface area contributed by atoms with Crippen LogP contribution in [0.3, 0.4) is 0 Å². The molecular weight excluding hydrogens is 577 g/mol. The number of rotatable bonds is 8. The van der Waals surface area contributed by atoms with Crippen molar-refractivity contribution >= 4 is 19.7 Å². The molecule has 0 bridgehead atoms. The zero-order valence-electron chi connectivity index (χ0n) is 22.9. The Bertz CT molecular complexity index is 1970. The van der Waals surface area contributed by atoms with Gasteiger partial charge in [-0.2, -0.15) is 0 Å². The SMILES string of the molecule is O=S(=O)(c1ccccc1)c1ccccc1-c1ccccc1Oc1ccccc1-c1ccccc1S(=O)(=O)c1ccccc1. The van der Waals surface area contributed by atoms with Gasteiger partial charge in [-0.15, -0.1) is 0 Å². The highest BCUT2D eigenvalue weighted by molar-refractivity contribution is 7.92. The highest BCUT2D eigenvalue weighted by Crippen LogP contribution is 2.42. The number of para-hydroxylation sites is 2. The van der Waals surface area contributed by atoms with E-state index in [1.54, 1.807) is 121 Å². The average molecular weight is 603 g/mol. The summed E-state index contributed by atoms with van der Waals surface area (Å²) in [6, 6.07) is 44.7. The Balaban J connectivity index is 1.46. The molecule has 43 heavy (non-hydrogen) atoms. The van der Waals surface area contributed by atoms with Crippen LogP contribution in [0.25, 0.3) is 22.3 Å². The molecule has 0 heterocycles. The number of hydrogen-bond donors (Lipinski definition) is 0. The van der Waals surface area contributed by atoms with Gasteiger partial charge in [-0.1, -0.05) is 109 Å². The highest BCUT2D eigenvalue weighted by Gasteiger charge is 2.25. The molecule has 0 atom stereocenters. The van der Waals surface area contributed by atoms with Gasteiger partial charge in [-0.3, -0.25) is 0 Å². The number of benzene rings is 6. The van der Waals surface area contributed by atoms with Crippen LogP contribution < -0.4 is 4.74 Å². The fraction of sp³-hybridized carbons (Fsp3) is 0. The van der Waals surface area contributed by atoms with Crippen molar-refractivity contribution in [3.05, 3.63) is 158 Å². The van der Waals surface area contributed by atoms with Gasteiger partial charge in [0.1, 0.15) is 11.5 Å². The van der Waals surface area contributed by atoms with Crippen LogP contribution in [0.2, 0.25) is 0 Å². The van der Waals surface area contributed by atoms with E-state index in [1.165, 1.54) is 0 Å². The Kier molecular flexibility index (Phi) is 7.67. The molecule has 0 aliphatic rings. The van der Waals surface area contributed by atoms with Crippen molar-refractivity contribution in [1.29, 1.82) is 0 Å². The van der Waals surface area contributed by atoms with E-state index in [9.17, 15) is 16.8 Å². The van der Waals surface area contributed by atoms with E-state index in [0.29, 0.717) is 33.8 Å². The highest BCUT2D eigenvalue weighted by atomic mass is 32.2. The van der Waals surface area contributed by atoms with Crippen LogP contribution in [0.15, 0.2) is 177 Å². The third kappa shape index (κ3) is 5.48. The Morgan fingerprint density at radius 3 is 1.02 bits per heavy atom. The van der Waals surface area contributed by atoms with Gasteiger partial charge in [-0.05, 0) is 48.5 Å². The van der Waals surface area contributed by atoms with E-state index in [4.69, 9.17) is 4.74 Å². The molecule has 0 aliphatic carbocycles. The zero-order valence-corrected chi connectivity index (χ0v) is 24.5. The van der Waals surface area contributed by atoms with E-state index < -0.39 is 19.7 Å². The average Bonchev–Trinajstić information content (AvgIpc) is 3.06. The number of ether oxygens (including phenoxy) is 1. The molecule has 0 N–H and O–H groups in total. The van der Waals surface area contributed by atoms with Gasteiger partial charge in [-0.25, -0.2) is 16.8 Å². The van der Waals surface area contributed by atoms with Crippen molar-refractivity contribution in [3.63, 3.8) is 0 Å². The predicted molar refractivity (Wildman–Crippen MR) is 168 cm³/mol. The normalized spacial score (nSPS) is 11.6. The first-order chi connectivity index (χ1) is 20.9. The van der Waals surface area contributed by atoms with E-state index >= 15 is 0 Å². The van der Waals surface area contributed by atoms with Crippen LogP contribution in [0.5, 0.6) is 11.5 Å². The molecule has 0 unspecified atom stereocenters. The molecule has 7 heteroatoms. The first-order valence-corrected chi connectivity index (χ1v) is 16.5. The van der Waals surface area contributed by atoms with Crippen molar-refractivity contribution in [1.82, 2.24) is 0 Å². The Morgan fingerprint density at radius 2 is 0.628 bits per heavy atom. The molecule has 212 valence electrons. The summed E-state index contributed by atoms with van der Waals surface area (Å²) in [7, 11) is -7.66. The lowest BCUT2D eigenvalue weighted by molar-refractivity contribution is 0.486. The predicted octanol–water partition coefficient (Wildman–Crippen LogP) is 8.48. The molecule has 0 spiro atoms. The second-order valence-electron chi connectivity index (χ2n) is 9.72. The fourth-order valence-electron chi connectivity index (χ4n) is 4.97. The van der Waals surface area contributed by atoms with Crippen LogP contribution in [0, 0.1) is 0 Å². The molecule has 5 nitrogen and oxygen atoms in total. The summed E-state index contributed by atoms with van der Waals surface area (Å²) in [6.07, 6.45) is 0. The van der Waals surface area contributed by atoms with Gasteiger partial charge in [0.25, 0.3) is 0 Å². The molecule has 6 aromatic carbocycles. The van der Waals surface area contributed by atoms with Crippen LogP contribution >= 0.6 is 0 Å². The summed E-state index contributed by atoms with van der Waals surface area (Å²) in [5.41, 5.74) is 2.15. The first-order valence-electron chi connectivity index (χ1n) is 13.5. The van der Waals surface area contributed by atoms with E-state index in [-0.39, 0.29) is 19.6 Å². The minimum absolute atomic E-state index is 0.157. The second-order valence-corrected chi connectivity index (χ2v) is 13.6. The first kappa shape index (κ1) is 28.2. The zero-order chi connectivity index (χ0) is 29.9. The fourth-order valence-corrected chi connectivity index (χ4v) is 7.96. The molecular formula is C36H26O5S2. The van der Waals surface area contributed by atoms with Crippen molar-refractivity contribution in [3.8, 4) is 33.8 Å². The molecule has 6 rings (SSSR count). The molecule has 0 amide bonds. The summed E-state index contributed by atoms with van der Waals surface area (Å²) in [6.45, 7) is 0. The monoisotopic (exact) mass is 602 g/mol. The van der Waals surface area contributed by atoms with Crippen molar-refractivity contribution in [2.24, 2.45) is 0 Å². The number of sulfone groups is 2. The summed E-state index contributed by atoms with van der Waals surface area (Å²) >= 11 is 0. The standard InChI is InChI=1S/C36H26O5S2/c37-42(38,27-15-3-1-4-16-27)35-25-13-9-21-31(35)29-19-7-11-23-33(29)41-34-24-12-8-20-30(34)32-22-10-14-26-36(32)43(39,40)28-17-5-2-6-18-28/h1-26H. The maximum atomic E-state index is 13.7. The largest absolute Gasteiger partial charge is 0.456 e. The van der Waals surface area contributed by atoms with Crippen molar-refractivity contribution in [2.75, 3.05) is 0 Å². The van der Waals surface area contributed by atoms with Gasteiger partial charge < -0.3 is 4.74 Å². The lowest BCUT2D eigenvalue weighted by atomic mass is 10.0.